The van der Waals surface area contributed by atoms with Crippen LogP contribution in [0.5, 0.6) is 0 Å². The van der Waals surface area contributed by atoms with Crippen LogP contribution >= 0.6 is 12.2 Å². The van der Waals surface area contributed by atoms with Crippen LogP contribution in [0.3, 0.4) is 0 Å². The molecular weight excluding hydrogens is 490 g/mol. The van der Waals surface area contributed by atoms with E-state index in [1.165, 1.54) is 0 Å². The summed E-state index contributed by atoms with van der Waals surface area (Å²) in [5, 5.41) is 13.3. The van der Waals surface area contributed by atoms with Crippen LogP contribution in [-0.2, 0) is 26.4 Å². The predicted octanol–water partition coefficient (Wildman–Crippen LogP) is 4.65. The zero-order valence-corrected chi connectivity index (χ0v) is 22.5. The molecule has 2 aromatic carbocycles. The molecular formula is C27H33N5O4S. The predicted molar refractivity (Wildman–Crippen MR) is 144 cm³/mol. The first-order valence-electron chi connectivity index (χ1n) is 11.9. The summed E-state index contributed by atoms with van der Waals surface area (Å²) >= 11 is 5.47. The lowest BCUT2D eigenvalue weighted by atomic mass is 9.75. The van der Waals surface area contributed by atoms with Crippen molar-refractivity contribution in [2.75, 3.05) is 0 Å². The first-order chi connectivity index (χ1) is 17.5. The van der Waals surface area contributed by atoms with Crippen molar-refractivity contribution >= 4 is 29.4 Å². The van der Waals surface area contributed by atoms with Crippen LogP contribution in [0.4, 0.5) is 4.79 Å². The number of nitrogens with zero attached hydrogens (tertiary/aromatic N) is 3. The van der Waals surface area contributed by atoms with Crippen LogP contribution in [-0.4, -0.2) is 38.0 Å². The maximum absolute atomic E-state index is 13.7. The van der Waals surface area contributed by atoms with Crippen LogP contribution in [0.1, 0.15) is 52.2 Å². The molecule has 37 heavy (non-hydrogen) atoms. The van der Waals surface area contributed by atoms with Gasteiger partial charge in [-0.05, 0) is 61.2 Å². The third kappa shape index (κ3) is 7.85. The molecule has 1 aromatic heterocycles. The number of hydrogen-bond donors (Lipinski definition) is 2. The van der Waals surface area contributed by atoms with Gasteiger partial charge in [0.25, 0.3) is 0 Å². The first kappa shape index (κ1) is 27.8. The average Bonchev–Trinajstić information content (AvgIpc) is 3.37. The third-order valence-electron chi connectivity index (χ3n) is 5.32. The Morgan fingerprint density at radius 3 is 2.19 bits per heavy atom. The van der Waals surface area contributed by atoms with E-state index < -0.39 is 17.6 Å². The van der Waals surface area contributed by atoms with Crippen molar-refractivity contribution in [3.63, 3.8) is 0 Å². The Balaban J connectivity index is 1.89. The van der Waals surface area contributed by atoms with Gasteiger partial charge in [-0.1, -0.05) is 63.2 Å². The van der Waals surface area contributed by atoms with Crippen molar-refractivity contribution in [3.05, 3.63) is 78.4 Å². The minimum Gasteiger partial charge on any atom is -0.461 e. The summed E-state index contributed by atoms with van der Waals surface area (Å²) in [5.41, 5.74) is 0.594. The van der Waals surface area contributed by atoms with Crippen molar-refractivity contribution in [1.82, 2.24) is 25.4 Å². The van der Waals surface area contributed by atoms with Gasteiger partial charge in [-0.2, -0.15) is 0 Å². The number of carbonyl (C=O) groups is 2. The van der Waals surface area contributed by atoms with Crippen LogP contribution in [0, 0.1) is 5.41 Å². The number of aromatic nitrogens is 3. The second kappa shape index (κ2) is 12.0. The maximum Gasteiger partial charge on any atom is 0.413 e. The van der Waals surface area contributed by atoms with E-state index in [-0.39, 0.29) is 23.2 Å². The summed E-state index contributed by atoms with van der Waals surface area (Å²) in [6.45, 7) is 9.70. The molecule has 0 bridgehead atoms. The molecule has 9 nitrogen and oxygen atoms in total. The number of hydrogen-bond acceptors (Lipinski definition) is 7. The van der Waals surface area contributed by atoms with E-state index in [1.807, 2.05) is 75.4 Å². The van der Waals surface area contributed by atoms with Gasteiger partial charge in [0, 0.05) is 5.69 Å². The quantitative estimate of drug-likeness (QED) is 0.325. The summed E-state index contributed by atoms with van der Waals surface area (Å²) in [6, 6.07) is 16.7. The molecule has 1 heterocycles. The zero-order valence-electron chi connectivity index (χ0n) is 21.7. The molecule has 1 amide bonds. The Morgan fingerprint density at radius 1 is 1.00 bits per heavy atom. The van der Waals surface area contributed by atoms with Crippen LogP contribution in [0.15, 0.2) is 67.3 Å². The monoisotopic (exact) mass is 523 g/mol. The number of thiocarbonyl (C=S) groups is 1. The van der Waals surface area contributed by atoms with Crippen molar-refractivity contribution in [2.24, 2.45) is 5.41 Å². The molecule has 0 aliphatic heterocycles. The molecule has 0 spiro atoms. The van der Waals surface area contributed by atoms with Crippen molar-refractivity contribution < 1.29 is 19.1 Å². The smallest absolute Gasteiger partial charge is 0.413 e. The largest absolute Gasteiger partial charge is 0.461 e. The van der Waals surface area contributed by atoms with Gasteiger partial charge in [-0.25, -0.2) is 9.59 Å². The molecule has 0 unspecified atom stereocenters. The highest BCUT2D eigenvalue weighted by atomic mass is 32.1. The minimum atomic E-state index is -1.38. The fourth-order valence-corrected chi connectivity index (χ4v) is 4.16. The van der Waals surface area contributed by atoms with Gasteiger partial charge in [0.05, 0.1) is 6.10 Å². The van der Waals surface area contributed by atoms with Gasteiger partial charge in [0.1, 0.15) is 19.3 Å². The number of nitrogens with one attached hydrogen (secondary N) is 2. The van der Waals surface area contributed by atoms with Gasteiger partial charge in [0.2, 0.25) is 0 Å². The van der Waals surface area contributed by atoms with E-state index in [9.17, 15) is 9.59 Å². The molecule has 1 atom stereocenters. The van der Waals surface area contributed by atoms with E-state index in [0.717, 1.165) is 11.3 Å². The summed E-state index contributed by atoms with van der Waals surface area (Å²) in [6.07, 6.45) is 2.41. The molecule has 0 fully saturated rings. The Hall–Kier alpha value is -3.79. The normalized spacial score (nSPS) is 12.9. The molecule has 3 aromatic rings. The third-order valence-corrected chi connectivity index (χ3v) is 5.52. The molecule has 2 N–H and O–H groups in total. The Morgan fingerprint density at radius 2 is 1.62 bits per heavy atom. The topological polar surface area (TPSA) is 107 Å². The fraction of sp³-hybridized carbons (Fsp3) is 0.370. The molecule has 0 radical (unpaired) electrons. The van der Waals surface area contributed by atoms with Gasteiger partial charge < -0.3 is 14.8 Å². The Bertz CT molecular complexity index is 1190. The van der Waals surface area contributed by atoms with Crippen molar-refractivity contribution in [3.8, 4) is 5.69 Å². The highest BCUT2D eigenvalue weighted by Crippen LogP contribution is 2.37. The van der Waals surface area contributed by atoms with Gasteiger partial charge in [-0.15, -0.1) is 10.2 Å². The number of amides is 1. The number of carbonyl (C=O) groups excluding carboxylic acids is 2. The van der Waals surface area contributed by atoms with Crippen LogP contribution in [0.2, 0.25) is 0 Å². The summed E-state index contributed by atoms with van der Waals surface area (Å²) in [7, 11) is 0. The Kier molecular flexibility index (Phi) is 8.99. The van der Waals surface area contributed by atoms with Crippen LogP contribution in [0.25, 0.3) is 5.69 Å². The molecule has 0 saturated carbocycles. The maximum atomic E-state index is 13.7. The van der Waals surface area contributed by atoms with E-state index in [4.69, 9.17) is 21.7 Å². The van der Waals surface area contributed by atoms with Crippen molar-refractivity contribution in [2.45, 2.75) is 59.3 Å². The summed E-state index contributed by atoms with van der Waals surface area (Å²) in [5.74, 6) is -0.503. The number of ether oxygens (including phenoxy) is 2. The van der Waals surface area contributed by atoms with E-state index in [1.54, 1.807) is 31.1 Å². The second-order valence-corrected chi connectivity index (χ2v) is 10.6. The first-order valence-corrected chi connectivity index (χ1v) is 12.4. The molecule has 0 aliphatic carbocycles. The van der Waals surface area contributed by atoms with Gasteiger partial charge in [-0.3, -0.25) is 9.88 Å². The van der Waals surface area contributed by atoms with E-state index >= 15 is 0 Å². The highest BCUT2D eigenvalue weighted by Gasteiger charge is 2.46. The van der Waals surface area contributed by atoms with Gasteiger partial charge >= 0.3 is 12.1 Å². The Labute approximate surface area is 222 Å². The number of alkyl carbamates (subject to hydrolysis) is 1. The van der Waals surface area contributed by atoms with Crippen LogP contribution < -0.4 is 10.6 Å². The lowest BCUT2D eigenvalue weighted by Gasteiger charge is -2.39. The fourth-order valence-electron chi connectivity index (χ4n) is 3.90. The lowest BCUT2D eigenvalue weighted by molar-refractivity contribution is -0.157. The average molecular weight is 524 g/mol. The second-order valence-electron chi connectivity index (χ2n) is 10.2. The SMILES string of the molecule is CC(C)OC(=O)[C@](CC(C)(C)C)(NC(=S)NC(=O)OCc1ccccc1)c1ccc(-n2cnnc2)cc1. The summed E-state index contributed by atoms with van der Waals surface area (Å²) < 4.78 is 12.7. The van der Waals surface area contributed by atoms with E-state index in [2.05, 4.69) is 20.8 Å². The number of benzene rings is 2. The molecule has 196 valence electrons. The lowest BCUT2D eigenvalue weighted by Crippen LogP contribution is -2.58. The molecule has 3 rings (SSSR count). The molecule has 0 saturated heterocycles. The molecule has 0 aliphatic rings. The zero-order chi connectivity index (χ0) is 27.1. The minimum absolute atomic E-state index is 0.0501. The van der Waals surface area contributed by atoms with E-state index in [0.29, 0.717) is 12.0 Å². The highest BCUT2D eigenvalue weighted by molar-refractivity contribution is 7.80. The molecule has 10 heteroatoms. The standard InChI is InChI=1S/C27H33N5O4S/c1-19(2)36-23(33)27(16-26(3,4)5,21-11-13-22(14-12-21)32-17-28-29-18-32)31-24(37)30-25(34)35-15-20-9-7-6-8-10-20/h6-14,17-19H,15-16H2,1-5H3,(H2,30,31,34,37)/t27-/m1/s1. The summed E-state index contributed by atoms with van der Waals surface area (Å²) in [4.78, 5) is 26.2. The number of esters is 1. The van der Waals surface area contributed by atoms with Crippen molar-refractivity contribution in [1.29, 1.82) is 0 Å². The number of rotatable bonds is 8. The van der Waals surface area contributed by atoms with Gasteiger partial charge in [0.15, 0.2) is 10.7 Å².